The Labute approximate surface area is 267 Å². The van der Waals surface area contributed by atoms with Gasteiger partial charge in [-0.05, 0) is 48.2 Å². The van der Waals surface area contributed by atoms with E-state index in [9.17, 15) is 22.4 Å². The van der Waals surface area contributed by atoms with Gasteiger partial charge in [-0.2, -0.15) is 0 Å². The van der Waals surface area contributed by atoms with Crippen molar-refractivity contribution < 1.29 is 22.4 Å². The predicted molar refractivity (Wildman–Crippen MR) is 170 cm³/mol. The first-order chi connectivity index (χ1) is 20.4. The number of amides is 2. The highest BCUT2D eigenvalue weighted by Crippen LogP contribution is 2.35. The smallest absolute Gasteiger partial charge is 0.244 e. The van der Waals surface area contributed by atoms with Gasteiger partial charge in [0.15, 0.2) is 0 Å². The molecular formula is C31H33Cl3FN3O4S. The molecule has 12 heteroatoms. The first kappa shape index (κ1) is 33.1. The molecule has 43 heavy (non-hydrogen) atoms. The molecule has 1 aliphatic rings. The zero-order valence-corrected chi connectivity index (χ0v) is 26.7. The average molecular weight is 669 g/mol. The Morgan fingerprint density at radius 1 is 0.907 bits per heavy atom. The zero-order chi connectivity index (χ0) is 31.1. The number of carbonyl (C=O) groups is 2. The summed E-state index contributed by atoms with van der Waals surface area (Å²) in [5, 5.41) is 3.29. The summed E-state index contributed by atoms with van der Waals surface area (Å²) in [5.41, 5.74) is 1.35. The van der Waals surface area contributed by atoms with Crippen LogP contribution in [-0.2, 0) is 32.6 Å². The minimum absolute atomic E-state index is 0.0198. The lowest BCUT2D eigenvalue weighted by Gasteiger charge is -2.35. The van der Waals surface area contributed by atoms with Crippen LogP contribution in [0.5, 0.6) is 0 Å². The van der Waals surface area contributed by atoms with E-state index >= 15 is 0 Å². The monoisotopic (exact) mass is 667 g/mol. The van der Waals surface area contributed by atoms with Crippen molar-refractivity contribution in [1.29, 1.82) is 0 Å². The van der Waals surface area contributed by atoms with Crippen LogP contribution >= 0.6 is 34.8 Å². The molecular weight excluding hydrogens is 636 g/mol. The molecule has 0 aliphatic heterocycles. The van der Waals surface area contributed by atoms with Gasteiger partial charge in [0.2, 0.25) is 21.8 Å². The van der Waals surface area contributed by atoms with Gasteiger partial charge < -0.3 is 10.2 Å². The summed E-state index contributed by atoms with van der Waals surface area (Å²) in [6.45, 7) is -0.735. The lowest BCUT2D eigenvalue weighted by molar-refractivity contribution is -0.140. The molecule has 2 amide bonds. The third-order valence-corrected chi connectivity index (χ3v) is 9.58. The molecule has 230 valence electrons. The molecule has 1 N–H and O–H groups in total. The molecule has 3 aromatic carbocycles. The highest BCUT2D eigenvalue weighted by molar-refractivity contribution is 7.92. The van der Waals surface area contributed by atoms with E-state index in [0.29, 0.717) is 5.56 Å². The maximum Gasteiger partial charge on any atom is 0.244 e. The molecule has 4 rings (SSSR count). The Bertz CT molecular complexity index is 1540. The van der Waals surface area contributed by atoms with Gasteiger partial charge in [-0.15, -0.1) is 0 Å². The maximum atomic E-state index is 14.2. The van der Waals surface area contributed by atoms with E-state index in [2.05, 4.69) is 5.32 Å². The van der Waals surface area contributed by atoms with E-state index < -0.39 is 34.3 Å². The third-order valence-electron chi connectivity index (χ3n) is 7.43. The quantitative estimate of drug-likeness (QED) is 0.232. The number of benzene rings is 3. The van der Waals surface area contributed by atoms with Crippen LogP contribution < -0.4 is 9.62 Å². The molecule has 0 heterocycles. The molecule has 0 unspecified atom stereocenters. The minimum atomic E-state index is -4.06. The molecule has 1 fully saturated rings. The summed E-state index contributed by atoms with van der Waals surface area (Å²) in [6, 6.07) is 16.4. The summed E-state index contributed by atoms with van der Waals surface area (Å²) >= 11 is 18.6. The number of nitrogens with zero attached hydrogens (tertiary/aromatic N) is 2. The lowest BCUT2D eigenvalue weighted by Crippen LogP contribution is -2.55. The fraction of sp³-hybridized carbons (Fsp3) is 0.355. The summed E-state index contributed by atoms with van der Waals surface area (Å²) in [6.07, 6.45) is 5.91. The molecule has 1 saturated carbocycles. The van der Waals surface area contributed by atoms with Crippen LogP contribution in [-0.4, -0.2) is 50.0 Å². The van der Waals surface area contributed by atoms with Gasteiger partial charge in [0, 0.05) is 19.0 Å². The Kier molecular flexibility index (Phi) is 11.3. The fourth-order valence-electron chi connectivity index (χ4n) is 5.18. The van der Waals surface area contributed by atoms with Crippen LogP contribution in [0.25, 0.3) is 0 Å². The topological polar surface area (TPSA) is 86.8 Å². The van der Waals surface area contributed by atoms with Crippen LogP contribution in [0.1, 0.15) is 43.2 Å². The second-order valence-corrected chi connectivity index (χ2v) is 13.8. The van der Waals surface area contributed by atoms with Crippen molar-refractivity contribution in [3.8, 4) is 0 Å². The van der Waals surface area contributed by atoms with Gasteiger partial charge >= 0.3 is 0 Å². The highest BCUT2D eigenvalue weighted by Gasteiger charge is 2.34. The van der Waals surface area contributed by atoms with Crippen molar-refractivity contribution in [2.45, 2.75) is 57.2 Å². The van der Waals surface area contributed by atoms with Gasteiger partial charge in [0.25, 0.3) is 0 Å². The number of sulfonamides is 1. The first-order valence-electron chi connectivity index (χ1n) is 13.9. The average Bonchev–Trinajstić information content (AvgIpc) is 2.97. The van der Waals surface area contributed by atoms with Crippen molar-refractivity contribution in [3.05, 3.63) is 98.7 Å². The summed E-state index contributed by atoms with van der Waals surface area (Å²) in [4.78, 5) is 29.5. The fourth-order valence-corrected chi connectivity index (χ4v) is 6.73. The summed E-state index contributed by atoms with van der Waals surface area (Å²) < 4.78 is 40.6. The number of nitrogens with one attached hydrogen (secondary N) is 1. The standard InChI is InChI=1S/C31H33Cl3FN3O4S/c1-43(41,42)38(28-18-26(33)25(32)17-27(28)34)20-30(39)37(19-22-12-14-23(35)15-13-22)29(16-21-8-4-2-5-9-21)31(40)36-24-10-6-3-7-11-24/h2,4-5,8-9,12-15,17-18,24,29H,3,6-7,10-11,16,19-20H2,1H3,(H,36,40)/t29-/m0/s1. The van der Waals surface area contributed by atoms with Crippen LogP contribution in [0.15, 0.2) is 66.7 Å². The van der Waals surface area contributed by atoms with Crippen molar-refractivity contribution in [3.63, 3.8) is 0 Å². The Morgan fingerprint density at radius 3 is 2.16 bits per heavy atom. The molecule has 0 aromatic heterocycles. The number of hydrogen-bond donors (Lipinski definition) is 1. The van der Waals surface area contributed by atoms with Gasteiger partial charge in [-0.3, -0.25) is 13.9 Å². The number of carbonyl (C=O) groups excluding carboxylic acids is 2. The number of hydrogen-bond acceptors (Lipinski definition) is 4. The van der Waals surface area contributed by atoms with E-state index in [1.54, 1.807) is 0 Å². The van der Waals surface area contributed by atoms with Crippen molar-refractivity contribution >= 4 is 62.3 Å². The SMILES string of the molecule is CS(=O)(=O)N(CC(=O)N(Cc1ccc(F)cc1)[C@@H](Cc1ccccc1)C(=O)NC1CCCCC1)c1cc(Cl)c(Cl)cc1Cl. The van der Waals surface area contributed by atoms with Gasteiger partial charge in [0.1, 0.15) is 18.4 Å². The Balaban J connectivity index is 1.74. The first-order valence-corrected chi connectivity index (χ1v) is 16.9. The molecule has 7 nitrogen and oxygen atoms in total. The number of halogens is 4. The summed E-state index contributed by atoms with van der Waals surface area (Å²) in [5.74, 6) is -1.45. The van der Waals surface area contributed by atoms with Crippen LogP contribution in [0, 0.1) is 5.82 Å². The van der Waals surface area contributed by atoms with E-state index in [4.69, 9.17) is 34.8 Å². The predicted octanol–water partition coefficient (Wildman–Crippen LogP) is 6.64. The van der Waals surface area contributed by atoms with Gasteiger partial charge in [0.05, 0.1) is 27.0 Å². The highest BCUT2D eigenvalue weighted by atomic mass is 35.5. The Hall–Kier alpha value is -2.85. The summed E-state index contributed by atoms with van der Waals surface area (Å²) in [7, 11) is -4.06. The molecule has 3 aromatic rings. The maximum absolute atomic E-state index is 14.2. The Morgan fingerprint density at radius 2 is 1.53 bits per heavy atom. The van der Waals surface area contributed by atoms with E-state index in [1.165, 1.54) is 41.3 Å². The molecule has 0 spiro atoms. The number of anilines is 1. The van der Waals surface area contributed by atoms with E-state index in [-0.39, 0.29) is 45.7 Å². The zero-order valence-electron chi connectivity index (χ0n) is 23.6. The second kappa shape index (κ2) is 14.8. The van der Waals surface area contributed by atoms with E-state index in [1.807, 2.05) is 30.3 Å². The van der Waals surface area contributed by atoms with Gasteiger partial charge in [-0.25, -0.2) is 12.8 Å². The normalized spacial score (nSPS) is 14.6. The van der Waals surface area contributed by atoms with Gasteiger partial charge in [-0.1, -0.05) is 96.5 Å². The minimum Gasteiger partial charge on any atom is -0.352 e. The lowest BCUT2D eigenvalue weighted by atomic mass is 9.94. The van der Waals surface area contributed by atoms with E-state index in [0.717, 1.165) is 48.2 Å². The van der Waals surface area contributed by atoms with Crippen molar-refractivity contribution in [2.24, 2.45) is 0 Å². The molecule has 1 atom stereocenters. The molecule has 0 saturated heterocycles. The van der Waals surface area contributed by atoms with Crippen molar-refractivity contribution in [2.75, 3.05) is 17.1 Å². The third kappa shape index (κ3) is 9.08. The second-order valence-electron chi connectivity index (χ2n) is 10.7. The molecule has 0 radical (unpaired) electrons. The van der Waals surface area contributed by atoms with Crippen molar-refractivity contribution in [1.82, 2.24) is 10.2 Å². The van der Waals surface area contributed by atoms with Crippen LogP contribution in [0.2, 0.25) is 15.1 Å². The molecule has 1 aliphatic carbocycles. The number of rotatable bonds is 11. The van der Waals surface area contributed by atoms with Crippen LogP contribution in [0.3, 0.4) is 0 Å². The van der Waals surface area contributed by atoms with Crippen LogP contribution in [0.4, 0.5) is 10.1 Å². The largest absolute Gasteiger partial charge is 0.352 e. The molecule has 0 bridgehead atoms.